The second-order valence-corrected chi connectivity index (χ2v) is 9.14. The number of hydrogen-bond donors (Lipinski definition) is 1. The topological polar surface area (TPSA) is 71.1 Å². The first-order valence-electron chi connectivity index (χ1n) is 11.1. The quantitative estimate of drug-likeness (QED) is 0.613. The van der Waals surface area contributed by atoms with Gasteiger partial charge in [-0.1, -0.05) is 19.1 Å². The molecule has 0 spiro atoms. The summed E-state index contributed by atoms with van der Waals surface area (Å²) in [6.45, 7) is 7.35. The Balaban J connectivity index is 1.77. The minimum Gasteiger partial charge on any atom is -0.493 e. The molecule has 8 heteroatoms. The first-order valence-corrected chi connectivity index (χ1v) is 12.0. The minimum atomic E-state index is -0.209. The zero-order valence-corrected chi connectivity index (χ0v) is 20.1. The molecule has 1 aromatic heterocycles. The molecule has 0 fully saturated rings. The molecular formula is C24H33N3O4S. The van der Waals surface area contributed by atoms with Crippen LogP contribution in [-0.2, 0) is 11.2 Å². The summed E-state index contributed by atoms with van der Waals surface area (Å²) in [5, 5.41) is 4.96. The van der Waals surface area contributed by atoms with Gasteiger partial charge in [0.2, 0.25) is 5.91 Å². The summed E-state index contributed by atoms with van der Waals surface area (Å²) in [6.07, 6.45) is 1.60. The molecular weight excluding hydrogens is 426 g/mol. The number of urea groups is 1. The van der Waals surface area contributed by atoms with E-state index in [0.29, 0.717) is 31.2 Å². The van der Waals surface area contributed by atoms with Gasteiger partial charge in [-0.05, 0) is 55.8 Å². The van der Waals surface area contributed by atoms with Crippen LogP contribution >= 0.6 is 11.3 Å². The maximum absolute atomic E-state index is 13.4. The van der Waals surface area contributed by atoms with Crippen LogP contribution in [0.4, 0.5) is 4.79 Å². The molecule has 1 atom stereocenters. The number of carbonyl (C=O) groups excluding carboxylic acids is 2. The first-order chi connectivity index (χ1) is 15.4. The van der Waals surface area contributed by atoms with Gasteiger partial charge in [0.15, 0.2) is 11.5 Å². The van der Waals surface area contributed by atoms with Gasteiger partial charge in [-0.2, -0.15) is 0 Å². The number of nitrogens with one attached hydrogen (secondary N) is 1. The van der Waals surface area contributed by atoms with Gasteiger partial charge in [0.05, 0.1) is 13.2 Å². The third kappa shape index (κ3) is 5.73. The summed E-state index contributed by atoms with van der Waals surface area (Å²) in [5.74, 6) is 1.24. The average Bonchev–Trinajstić information content (AvgIpc) is 3.26. The summed E-state index contributed by atoms with van der Waals surface area (Å²) in [6, 6.07) is 9.18. The van der Waals surface area contributed by atoms with Crippen LogP contribution < -0.4 is 14.8 Å². The Kier molecular flexibility index (Phi) is 8.39. The van der Waals surface area contributed by atoms with E-state index in [1.54, 1.807) is 23.3 Å². The lowest BCUT2D eigenvalue weighted by atomic mass is 10.0. The van der Waals surface area contributed by atoms with Crippen molar-refractivity contribution in [1.82, 2.24) is 15.1 Å². The molecule has 2 aromatic rings. The van der Waals surface area contributed by atoms with E-state index in [1.165, 1.54) is 4.88 Å². The fourth-order valence-corrected chi connectivity index (χ4v) is 4.82. The number of nitrogens with zero attached hydrogens (tertiary/aromatic N) is 2. The van der Waals surface area contributed by atoms with Crippen LogP contribution in [0.2, 0.25) is 0 Å². The van der Waals surface area contributed by atoms with E-state index < -0.39 is 0 Å². The van der Waals surface area contributed by atoms with Crippen molar-refractivity contribution in [1.29, 1.82) is 0 Å². The molecule has 2 heterocycles. The Labute approximate surface area is 194 Å². The van der Waals surface area contributed by atoms with Gasteiger partial charge in [0.1, 0.15) is 13.2 Å². The van der Waals surface area contributed by atoms with E-state index in [0.717, 1.165) is 18.4 Å². The standard InChI is InChI=1S/C24H33N3O4S/c1-5-12-26(24(29)25-17(2)3)15-23(28)27-13-10-22-18(11-14-32-22)19(27)16-31-21-9-7-6-8-20(21)30-4/h6-9,11,14,17,19H,5,10,12-13,15-16H2,1-4H3,(H,25,29). The molecule has 0 bridgehead atoms. The zero-order valence-electron chi connectivity index (χ0n) is 19.3. The van der Waals surface area contributed by atoms with Crippen LogP contribution in [-0.4, -0.2) is 61.1 Å². The molecule has 32 heavy (non-hydrogen) atoms. The van der Waals surface area contributed by atoms with Crippen molar-refractivity contribution in [2.24, 2.45) is 0 Å². The number of thiophene rings is 1. The van der Waals surface area contributed by atoms with Gasteiger partial charge < -0.3 is 24.6 Å². The normalized spacial score (nSPS) is 15.3. The summed E-state index contributed by atoms with van der Waals surface area (Å²) in [4.78, 5) is 30.7. The Hall–Kier alpha value is -2.74. The van der Waals surface area contributed by atoms with E-state index in [1.807, 2.05) is 49.9 Å². The second kappa shape index (κ2) is 11.2. The van der Waals surface area contributed by atoms with Gasteiger partial charge in [0.25, 0.3) is 0 Å². The van der Waals surface area contributed by atoms with Crippen LogP contribution in [0.3, 0.4) is 0 Å². The van der Waals surface area contributed by atoms with Crippen molar-refractivity contribution in [2.45, 2.75) is 45.7 Å². The molecule has 0 radical (unpaired) electrons. The summed E-state index contributed by atoms with van der Waals surface area (Å²) < 4.78 is 11.5. The Morgan fingerprint density at radius 3 is 2.69 bits per heavy atom. The SMILES string of the molecule is CCCN(CC(=O)N1CCc2sccc2C1COc1ccccc1OC)C(=O)NC(C)C. The van der Waals surface area contributed by atoms with Gasteiger partial charge in [-0.15, -0.1) is 11.3 Å². The number of amides is 3. The molecule has 7 nitrogen and oxygen atoms in total. The molecule has 1 aliphatic heterocycles. The Morgan fingerprint density at radius 1 is 1.25 bits per heavy atom. The lowest BCUT2D eigenvalue weighted by Crippen LogP contribution is -2.50. The van der Waals surface area contributed by atoms with Crippen molar-refractivity contribution >= 4 is 23.3 Å². The largest absolute Gasteiger partial charge is 0.493 e. The van der Waals surface area contributed by atoms with E-state index in [9.17, 15) is 9.59 Å². The summed E-state index contributed by atoms with van der Waals surface area (Å²) >= 11 is 1.71. The molecule has 3 rings (SSSR count). The molecule has 0 saturated carbocycles. The number of hydrogen-bond acceptors (Lipinski definition) is 5. The fraction of sp³-hybridized carbons (Fsp3) is 0.500. The second-order valence-electron chi connectivity index (χ2n) is 8.14. The molecule has 1 aromatic carbocycles. The number of methoxy groups -OCH3 is 1. The maximum Gasteiger partial charge on any atom is 0.318 e. The van der Waals surface area contributed by atoms with Gasteiger partial charge in [0, 0.05) is 24.0 Å². The first kappa shape index (κ1) is 23.9. The lowest BCUT2D eigenvalue weighted by molar-refractivity contribution is -0.135. The van der Waals surface area contributed by atoms with E-state index >= 15 is 0 Å². The van der Waals surface area contributed by atoms with Crippen LogP contribution in [0.5, 0.6) is 11.5 Å². The molecule has 1 aliphatic rings. The van der Waals surface area contributed by atoms with Crippen LogP contribution in [0, 0.1) is 0 Å². The van der Waals surface area contributed by atoms with Crippen LogP contribution in [0.1, 0.15) is 43.7 Å². The number of fused-ring (bicyclic) bond motifs is 1. The van der Waals surface area contributed by atoms with Crippen molar-refractivity contribution in [3.05, 3.63) is 46.2 Å². The smallest absolute Gasteiger partial charge is 0.318 e. The Bertz CT molecular complexity index is 914. The fourth-order valence-electron chi connectivity index (χ4n) is 3.90. The van der Waals surface area contributed by atoms with Crippen LogP contribution in [0.25, 0.3) is 0 Å². The predicted molar refractivity (Wildman–Crippen MR) is 126 cm³/mol. The molecule has 0 saturated heterocycles. The third-order valence-electron chi connectivity index (χ3n) is 5.40. The number of para-hydroxylation sites is 2. The number of benzene rings is 1. The number of ether oxygens (including phenoxy) is 2. The lowest BCUT2D eigenvalue weighted by Gasteiger charge is -2.37. The highest BCUT2D eigenvalue weighted by molar-refractivity contribution is 7.10. The highest BCUT2D eigenvalue weighted by Gasteiger charge is 2.33. The number of rotatable bonds is 9. The molecule has 0 aliphatic carbocycles. The molecule has 174 valence electrons. The van der Waals surface area contributed by atoms with E-state index in [4.69, 9.17) is 9.47 Å². The van der Waals surface area contributed by atoms with Crippen molar-refractivity contribution in [2.75, 3.05) is 33.4 Å². The Morgan fingerprint density at radius 2 is 2.00 bits per heavy atom. The third-order valence-corrected chi connectivity index (χ3v) is 6.40. The monoisotopic (exact) mass is 459 g/mol. The van der Waals surface area contributed by atoms with E-state index in [-0.39, 0.29) is 30.6 Å². The highest BCUT2D eigenvalue weighted by Crippen LogP contribution is 2.35. The van der Waals surface area contributed by atoms with Gasteiger partial charge >= 0.3 is 6.03 Å². The highest BCUT2D eigenvalue weighted by atomic mass is 32.1. The molecule has 1 unspecified atom stereocenters. The number of carbonyl (C=O) groups is 2. The van der Waals surface area contributed by atoms with Crippen molar-refractivity contribution in [3.8, 4) is 11.5 Å². The van der Waals surface area contributed by atoms with Gasteiger partial charge in [-0.3, -0.25) is 4.79 Å². The van der Waals surface area contributed by atoms with Crippen molar-refractivity contribution in [3.63, 3.8) is 0 Å². The molecule has 3 amide bonds. The maximum atomic E-state index is 13.4. The van der Waals surface area contributed by atoms with Crippen LogP contribution in [0.15, 0.2) is 35.7 Å². The minimum absolute atomic E-state index is 0.0160. The average molecular weight is 460 g/mol. The predicted octanol–water partition coefficient (Wildman–Crippen LogP) is 4.09. The zero-order chi connectivity index (χ0) is 23.1. The summed E-state index contributed by atoms with van der Waals surface area (Å²) in [7, 11) is 1.61. The van der Waals surface area contributed by atoms with Crippen molar-refractivity contribution < 1.29 is 19.1 Å². The molecule has 1 N–H and O–H groups in total. The summed E-state index contributed by atoms with van der Waals surface area (Å²) in [5.41, 5.74) is 1.12. The van der Waals surface area contributed by atoms with Gasteiger partial charge in [-0.25, -0.2) is 4.79 Å². The van der Waals surface area contributed by atoms with E-state index in [2.05, 4.69) is 16.8 Å².